The highest BCUT2D eigenvalue weighted by Gasteiger charge is 2.30. The summed E-state index contributed by atoms with van der Waals surface area (Å²) in [4.78, 5) is 44.3. The van der Waals surface area contributed by atoms with Crippen LogP contribution in [-0.4, -0.2) is 59.6 Å². The van der Waals surface area contributed by atoms with Crippen LogP contribution in [0.2, 0.25) is 0 Å². The molecule has 1 saturated heterocycles. The predicted octanol–water partition coefficient (Wildman–Crippen LogP) is 3.88. The second-order valence-corrected chi connectivity index (χ2v) is 9.85. The van der Waals surface area contributed by atoms with Gasteiger partial charge in [-0.2, -0.15) is 0 Å². The van der Waals surface area contributed by atoms with E-state index in [9.17, 15) is 14.4 Å². The molecule has 0 radical (unpaired) electrons. The third-order valence-electron chi connectivity index (χ3n) is 6.02. The van der Waals surface area contributed by atoms with Crippen LogP contribution in [0.15, 0.2) is 48.7 Å². The van der Waals surface area contributed by atoms with Gasteiger partial charge in [-0.25, -0.2) is 4.79 Å². The van der Waals surface area contributed by atoms with Crippen molar-refractivity contribution in [3.8, 4) is 0 Å². The van der Waals surface area contributed by atoms with E-state index in [1.54, 1.807) is 31.9 Å². The van der Waals surface area contributed by atoms with E-state index in [1.165, 1.54) is 0 Å². The summed E-state index contributed by atoms with van der Waals surface area (Å²) in [6.45, 7) is 6.89. The van der Waals surface area contributed by atoms with Gasteiger partial charge in [-0.3, -0.25) is 14.6 Å². The molecule has 4 rings (SSSR count). The molecule has 0 saturated carbocycles. The smallest absolute Gasteiger partial charge is 0.407 e. The summed E-state index contributed by atoms with van der Waals surface area (Å²) in [5.74, 6) is -0.521. The molecule has 3 aromatic rings. The molecule has 8 nitrogen and oxygen atoms in total. The first-order valence-corrected chi connectivity index (χ1v) is 12.0. The number of nitrogens with one attached hydrogen (secondary N) is 2. The summed E-state index contributed by atoms with van der Waals surface area (Å²) >= 11 is 0. The standard InChI is InChI=1S/C27H32N4O4/c1-27(2,3)35-26(34)30-14-13-29-24(32)19-9-7-15-31(17-19)25(33)22-16-18-8-4-5-10-20(18)21-11-6-12-28-23(21)22/h4-6,8,10-12,16,19H,7,9,13-15,17H2,1-3H3,(H,29,32)(H,30,34). The average Bonchev–Trinajstić information content (AvgIpc) is 2.84. The lowest BCUT2D eigenvalue weighted by Crippen LogP contribution is -2.46. The van der Waals surface area contributed by atoms with Crippen molar-refractivity contribution in [2.45, 2.75) is 39.2 Å². The molecule has 1 unspecified atom stereocenters. The van der Waals surface area contributed by atoms with Crippen molar-refractivity contribution in [1.82, 2.24) is 20.5 Å². The van der Waals surface area contributed by atoms with Gasteiger partial charge in [-0.15, -0.1) is 0 Å². The van der Waals surface area contributed by atoms with Crippen molar-refractivity contribution in [3.05, 3.63) is 54.2 Å². The van der Waals surface area contributed by atoms with E-state index in [4.69, 9.17) is 4.74 Å². The van der Waals surface area contributed by atoms with Gasteiger partial charge in [0.25, 0.3) is 5.91 Å². The first kappa shape index (κ1) is 24.4. The molecule has 35 heavy (non-hydrogen) atoms. The monoisotopic (exact) mass is 476 g/mol. The summed E-state index contributed by atoms with van der Waals surface area (Å²) < 4.78 is 5.19. The van der Waals surface area contributed by atoms with Gasteiger partial charge in [-0.1, -0.05) is 30.3 Å². The molecule has 184 valence electrons. The molecule has 0 spiro atoms. The maximum atomic E-state index is 13.6. The normalized spacial score (nSPS) is 16.2. The Labute approximate surface area is 205 Å². The Bertz CT molecular complexity index is 1250. The molecule has 1 fully saturated rings. The van der Waals surface area contributed by atoms with Gasteiger partial charge in [0.1, 0.15) is 5.60 Å². The number of amides is 3. The number of piperidine rings is 1. The van der Waals surface area contributed by atoms with Crippen LogP contribution in [0.1, 0.15) is 44.0 Å². The molecule has 2 aromatic carbocycles. The number of alkyl carbamates (subject to hydrolysis) is 1. The minimum absolute atomic E-state index is 0.108. The molecule has 1 atom stereocenters. The zero-order valence-electron chi connectivity index (χ0n) is 20.5. The van der Waals surface area contributed by atoms with E-state index in [0.29, 0.717) is 37.1 Å². The SMILES string of the molecule is CC(C)(C)OC(=O)NCCNC(=O)C1CCCN(C(=O)c2cc3ccccc3c3cccnc23)C1. The van der Waals surface area contributed by atoms with E-state index < -0.39 is 11.7 Å². The number of hydrogen-bond acceptors (Lipinski definition) is 5. The molecule has 2 heterocycles. The Kier molecular flexibility index (Phi) is 7.19. The van der Waals surface area contributed by atoms with E-state index in [-0.39, 0.29) is 24.3 Å². The molecule has 1 aliphatic rings. The number of aromatic nitrogens is 1. The van der Waals surface area contributed by atoms with E-state index in [1.807, 2.05) is 42.5 Å². The number of rotatable bonds is 5. The van der Waals surface area contributed by atoms with Crippen LogP contribution in [0.25, 0.3) is 21.7 Å². The fourth-order valence-corrected chi connectivity index (χ4v) is 4.45. The van der Waals surface area contributed by atoms with Crippen LogP contribution in [0.5, 0.6) is 0 Å². The third kappa shape index (κ3) is 5.88. The second kappa shape index (κ2) is 10.3. The number of carbonyl (C=O) groups is 3. The minimum Gasteiger partial charge on any atom is -0.444 e. The van der Waals surface area contributed by atoms with Gasteiger partial charge >= 0.3 is 6.09 Å². The summed E-state index contributed by atoms with van der Waals surface area (Å²) in [5.41, 5.74) is 0.662. The number of carbonyl (C=O) groups excluding carboxylic acids is 3. The Hall–Kier alpha value is -3.68. The van der Waals surface area contributed by atoms with Crippen molar-refractivity contribution >= 4 is 39.6 Å². The molecule has 1 aromatic heterocycles. The lowest BCUT2D eigenvalue weighted by atomic mass is 9.95. The number of ether oxygens (including phenoxy) is 1. The number of benzene rings is 2. The van der Waals surface area contributed by atoms with Crippen molar-refractivity contribution < 1.29 is 19.1 Å². The van der Waals surface area contributed by atoms with Crippen LogP contribution in [0.4, 0.5) is 4.79 Å². The van der Waals surface area contributed by atoms with Gasteiger partial charge in [0.05, 0.1) is 17.0 Å². The quantitative estimate of drug-likeness (QED) is 0.430. The van der Waals surface area contributed by atoms with Crippen molar-refractivity contribution in [1.29, 1.82) is 0 Å². The van der Waals surface area contributed by atoms with Crippen LogP contribution in [0, 0.1) is 5.92 Å². The van der Waals surface area contributed by atoms with Gasteiger partial charge in [0, 0.05) is 37.8 Å². The van der Waals surface area contributed by atoms with Gasteiger partial charge in [0.2, 0.25) is 5.91 Å². The molecule has 2 N–H and O–H groups in total. The summed E-state index contributed by atoms with van der Waals surface area (Å²) in [5, 5.41) is 8.48. The topological polar surface area (TPSA) is 101 Å². The molecule has 3 amide bonds. The molecular weight excluding hydrogens is 444 g/mol. The zero-order chi connectivity index (χ0) is 25.0. The Morgan fingerprint density at radius 2 is 1.80 bits per heavy atom. The predicted molar refractivity (Wildman–Crippen MR) is 135 cm³/mol. The Balaban J connectivity index is 1.40. The number of nitrogens with zero attached hydrogens (tertiary/aromatic N) is 2. The number of likely N-dealkylation sites (tertiary alicyclic amines) is 1. The Morgan fingerprint density at radius 3 is 2.60 bits per heavy atom. The number of pyridine rings is 1. The summed E-state index contributed by atoms with van der Waals surface area (Å²) in [6, 6.07) is 13.7. The highest BCUT2D eigenvalue weighted by atomic mass is 16.6. The molecule has 0 aliphatic carbocycles. The van der Waals surface area contributed by atoms with Crippen LogP contribution in [-0.2, 0) is 9.53 Å². The van der Waals surface area contributed by atoms with Crippen molar-refractivity contribution in [2.75, 3.05) is 26.2 Å². The van der Waals surface area contributed by atoms with Crippen molar-refractivity contribution in [2.24, 2.45) is 5.92 Å². The second-order valence-electron chi connectivity index (χ2n) is 9.85. The van der Waals surface area contributed by atoms with Crippen LogP contribution < -0.4 is 10.6 Å². The third-order valence-corrected chi connectivity index (χ3v) is 6.02. The van der Waals surface area contributed by atoms with Gasteiger partial charge in [0.15, 0.2) is 0 Å². The fraction of sp³-hybridized carbons (Fsp3) is 0.407. The van der Waals surface area contributed by atoms with E-state index in [2.05, 4.69) is 15.6 Å². The number of hydrogen-bond donors (Lipinski definition) is 2. The molecule has 8 heteroatoms. The van der Waals surface area contributed by atoms with E-state index >= 15 is 0 Å². The van der Waals surface area contributed by atoms with Gasteiger partial charge in [-0.05, 0) is 56.5 Å². The maximum Gasteiger partial charge on any atom is 0.407 e. The molecule has 0 bridgehead atoms. The molecular formula is C27H32N4O4. The largest absolute Gasteiger partial charge is 0.444 e. The zero-order valence-corrected chi connectivity index (χ0v) is 20.5. The summed E-state index contributed by atoms with van der Waals surface area (Å²) in [6.07, 6.45) is 2.65. The first-order valence-electron chi connectivity index (χ1n) is 12.0. The van der Waals surface area contributed by atoms with E-state index in [0.717, 1.165) is 22.6 Å². The van der Waals surface area contributed by atoms with Crippen LogP contribution >= 0.6 is 0 Å². The average molecular weight is 477 g/mol. The number of fused-ring (bicyclic) bond motifs is 3. The Morgan fingerprint density at radius 1 is 1.06 bits per heavy atom. The summed E-state index contributed by atoms with van der Waals surface area (Å²) in [7, 11) is 0. The lowest BCUT2D eigenvalue weighted by molar-refractivity contribution is -0.126. The highest BCUT2D eigenvalue weighted by molar-refractivity contribution is 6.15. The maximum absolute atomic E-state index is 13.6. The van der Waals surface area contributed by atoms with Crippen LogP contribution in [0.3, 0.4) is 0 Å². The van der Waals surface area contributed by atoms with Gasteiger partial charge < -0.3 is 20.3 Å². The van der Waals surface area contributed by atoms with Crippen molar-refractivity contribution in [3.63, 3.8) is 0 Å². The first-order chi connectivity index (χ1) is 16.7. The molecule has 1 aliphatic heterocycles. The fourth-order valence-electron chi connectivity index (χ4n) is 4.45. The highest BCUT2D eigenvalue weighted by Crippen LogP contribution is 2.29. The minimum atomic E-state index is -0.572. The lowest BCUT2D eigenvalue weighted by Gasteiger charge is -2.32.